The minimum absolute atomic E-state index is 0.212. The van der Waals surface area contributed by atoms with Crippen LogP contribution in [0.5, 0.6) is 5.75 Å². The molecule has 1 N–H and O–H groups in total. The van der Waals surface area contributed by atoms with E-state index in [-0.39, 0.29) is 4.91 Å². The van der Waals surface area contributed by atoms with E-state index in [4.69, 9.17) is 9.47 Å². The van der Waals surface area contributed by atoms with Crippen LogP contribution in [-0.2, 0) is 19.1 Å². The van der Waals surface area contributed by atoms with Gasteiger partial charge in [0.25, 0.3) is 5.91 Å². The highest BCUT2D eigenvalue weighted by Crippen LogP contribution is 2.23. The first-order valence-electron chi connectivity index (χ1n) is 9.07. The van der Waals surface area contributed by atoms with Crippen molar-refractivity contribution in [2.75, 3.05) is 46.6 Å². The van der Waals surface area contributed by atoms with Crippen molar-refractivity contribution in [3.05, 3.63) is 40.8 Å². The number of hydrogen-bond donors (Lipinski definition) is 1. The van der Waals surface area contributed by atoms with Gasteiger partial charge in [-0.2, -0.15) is 5.10 Å². The largest absolute Gasteiger partial charge is 0.492 e. The van der Waals surface area contributed by atoms with Gasteiger partial charge in [-0.05, 0) is 41.6 Å². The van der Waals surface area contributed by atoms with Crippen molar-refractivity contribution in [3.8, 4) is 5.75 Å². The van der Waals surface area contributed by atoms with Gasteiger partial charge < -0.3 is 14.2 Å². The number of hydrogen-bond acceptors (Lipinski definition) is 9. The third-order valence-electron chi connectivity index (χ3n) is 4.12. The van der Waals surface area contributed by atoms with Crippen molar-refractivity contribution >= 4 is 35.0 Å². The Labute approximate surface area is 172 Å². The van der Waals surface area contributed by atoms with E-state index in [9.17, 15) is 9.59 Å². The summed E-state index contributed by atoms with van der Waals surface area (Å²) < 4.78 is 15.6. The van der Waals surface area contributed by atoms with E-state index in [0.717, 1.165) is 62.0 Å². The van der Waals surface area contributed by atoms with Crippen LogP contribution in [0.15, 0.2) is 45.4 Å². The normalized spacial score (nSPS) is 20.4. The third-order valence-corrected chi connectivity index (χ3v) is 5.02. The number of benzene rings is 1. The van der Waals surface area contributed by atoms with Crippen molar-refractivity contribution in [1.29, 1.82) is 0 Å². The van der Waals surface area contributed by atoms with Gasteiger partial charge in [0.05, 0.1) is 31.4 Å². The summed E-state index contributed by atoms with van der Waals surface area (Å²) in [6.45, 7) is 4.95. The minimum Gasteiger partial charge on any atom is -0.492 e. The molecule has 2 saturated heterocycles. The van der Waals surface area contributed by atoms with Crippen LogP contribution >= 0.6 is 11.8 Å². The first kappa shape index (κ1) is 21.0. The van der Waals surface area contributed by atoms with E-state index in [1.807, 2.05) is 24.3 Å². The summed E-state index contributed by atoms with van der Waals surface area (Å²) in [5.41, 5.74) is 0.842. The van der Waals surface area contributed by atoms with E-state index >= 15 is 0 Å². The predicted molar refractivity (Wildman–Crippen MR) is 110 cm³/mol. The van der Waals surface area contributed by atoms with Crippen molar-refractivity contribution in [2.45, 2.75) is 0 Å². The fourth-order valence-corrected chi connectivity index (χ4v) is 3.30. The van der Waals surface area contributed by atoms with Crippen LogP contribution in [0.4, 0.5) is 0 Å². The summed E-state index contributed by atoms with van der Waals surface area (Å²) in [6.07, 6.45) is 2.68. The van der Waals surface area contributed by atoms with Crippen LogP contribution in [0.25, 0.3) is 0 Å². The Balaban J connectivity index is 1.46. The quantitative estimate of drug-likeness (QED) is 0.305. The van der Waals surface area contributed by atoms with Crippen molar-refractivity contribution in [3.63, 3.8) is 0 Å². The first-order chi connectivity index (χ1) is 14.1. The third kappa shape index (κ3) is 6.70. The molecule has 2 aliphatic rings. The van der Waals surface area contributed by atoms with Gasteiger partial charge in [-0.1, -0.05) is 0 Å². The molecule has 1 aromatic rings. The van der Waals surface area contributed by atoms with E-state index in [2.05, 4.69) is 25.2 Å². The van der Waals surface area contributed by atoms with E-state index in [1.54, 1.807) is 6.21 Å². The minimum atomic E-state index is -0.598. The van der Waals surface area contributed by atoms with Crippen LogP contribution in [-0.4, -0.2) is 74.7 Å². The molecule has 0 radical (unpaired) electrons. The lowest BCUT2D eigenvalue weighted by Crippen LogP contribution is -2.38. The molecule has 9 nitrogen and oxygen atoms in total. The first-order valence-corrected chi connectivity index (χ1v) is 9.88. The Kier molecular flexibility index (Phi) is 7.79. The molecule has 2 fully saturated rings. The standard InChI is InChI=1S/C19H22N4O5S/c1-26-17(24)12-16-18(25)21-19(29-16)22-20-13-14-2-4-15(5-3-14)28-11-8-23-6-9-27-10-7-23/h2-5,12-13H,6-11H2,1H3,(H,21,22,25)/b16-12+,20-13?. The molecule has 0 bridgehead atoms. The monoisotopic (exact) mass is 418 g/mol. The van der Waals surface area contributed by atoms with Gasteiger partial charge >= 0.3 is 5.97 Å². The second-order valence-electron chi connectivity index (χ2n) is 6.11. The van der Waals surface area contributed by atoms with E-state index < -0.39 is 11.9 Å². The van der Waals surface area contributed by atoms with Gasteiger partial charge in [-0.15, -0.1) is 5.10 Å². The molecule has 0 spiro atoms. The second-order valence-corrected chi connectivity index (χ2v) is 7.14. The predicted octanol–water partition coefficient (Wildman–Crippen LogP) is 1.01. The number of morpholine rings is 1. The Morgan fingerprint density at radius 1 is 1.31 bits per heavy atom. The second kappa shape index (κ2) is 10.7. The van der Waals surface area contributed by atoms with Gasteiger partial charge in [0.1, 0.15) is 12.4 Å². The zero-order valence-electron chi connectivity index (χ0n) is 16.0. The molecular formula is C19H22N4O5S. The number of nitrogens with one attached hydrogen (secondary N) is 1. The molecule has 2 heterocycles. The molecule has 0 unspecified atom stereocenters. The lowest BCUT2D eigenvalue weighted by atomic mass is 10.2. The zero-order valence-corrected chi connectivity index (χ0v) is 16.8. The molecule has 1 aromatic carbocycles. The van der Waals surface area contributed by atoms with Gasteiger partial charge in [-0.25, -0.2) is 4.79 Å². The average Bonchev–Trinajstić information content (AvgIpc) is 3.09. The summed E-state index contributed by atoms with van der Waals surface area (Å²) in [6, 6.07) is 7.49. The Hall–Kier alpha value is -2.69. The summed E-state index contributed by atoms with van der Waals surface area (Å²) >= 11 is 1.02. The van der Waals surface area contributed by atoms with Crippen LogP contribution in [0.3, 0.4) is 0 Å². The van der Waals surface area contributed by atoms with Gasteiger partial charge in [-0.3, -0.25) is 15.0 Å². The SMILES string of the molecule is COC(=O)/C=C1/S/C(=N\N=Cc2ccc(OCCN3CCOCC3)cc2)NC1=O. The Bertz CT molecular complexity index is 816. The topological polar surface area (TPSA) is 102 Å². The summed E-state index contributed by atoms with van der Waals surface area (Å²) in [5, 5.41) is 10.7. The Morgan fingerprint density at radius 2 is 2.07 bits per heavy atom. The van der Waals surface area contributed by atoms with Crippen LogP contribution in [0, 0.1) is 0 Å². The number of rotatable bonds is 7. The smallest absolute Gasteiger partial charge is 0.331 e. The van der Waals surface area contributed by atoms with Crippen molar-refractivity contribution < 1.29 is 23.8 Å². The molecule has 0 aliphatic carbocycles. The summed E-state index contributed by atoms with van der Waals surface area (Å²) in [4.78, 5) is 25.5. The number of carbonyl (C=O) groups is 2. The van der Waals surface area contributed by atoms with Gasteiger partial charge in [0.2, 0.25) is 0 Å². The van der Waals surface area contributed by atoms with Crippen molar-refractivity contribution in [2.24, 2.45) is 10.2 Å². The molecule has 2 aliphatic heterocycles. The van der Waals surface area contributed by atoms with Gasteiger partial charge in [0.15, 0.2) is 5.17 Å². The van der Waals surface area contributed by atoms with Crippen LogP contribution in [0.1, 0.15) is 5.56 Å². The van der Waals surface area contributed by atoms with E-state index in [0.29, 0.717) is 11.8 Å². The molecule has 0 atom stereocenters. The highest BCUT2D eigenvalue weighted by molar-refractivity contribution is 8.18. The lowest BCUT2D eigenvalue weighted by molar-refractivity contribution is -0.135. The number of nitrogens with zero attached hydrogens (tertiary/aromatic N) is 3. The fraction of sp³-hybridized carbons (Fsp3) is 0.368. The zero-order chi connectivity index (χ0) is 20.5. The van der Waals surface area contributed by atoms with Crippen LogP contribution < -0.4 is 10.1 Å². The molecule has 154 valence electrons. The number of methoxy groups -OCH3 is 1. The summed E-state index contributed by atoms with van der Waals surface area (Å²) in [5.74, 6) is -0.217. The van der Waals surface area contributed by atoms with Crippen molar-refractivity contribution in [1.82, 2.24) is 10.2 Å². The molecule has 0 saturated carbocycles. The Morgan fingerprint density at radius 3 is 2.79 bits per heavy atom. The van der Waals surface area contributed by atoms with E-state index in [1.165, 1.54) is 7.11 Å². The maximum absolute atomic E-state index is 11.7. The van der Waals surface area contributed by atoms with Gasteiger partial charge in [0, 0.05) is 25.7 Å². The lowest BCUT2D eigenvalue weighted by Gasteiger charge is -2.26. The molecule has 10 heteroatoms. The average molecular weight is 418 g/mol. The summed E-state index contributed by atoms with van der Waals surface area (Å²) in [7, 11) is 1.25. The maximum Gasteiger partial charge on any atom is 0.331 e. The number of ether oxygens (including phenoxy) is 3. The molecular weight excluding hydrogens is 396 g/mol. The number of esters is 1. The highest BCUT2D eigenvalue weighted by atomic mass is 32.2. The number of amidine groups is 1. The highest BCUT2D eigenvalue weighted by Gasteiger charge is 2.24. The number of amides is 1. The molecule has 1 amide bonds. The molecule has 3 rings (SSSR count). The number of carbonyl (C=O) groups excluding carboxylic acids is 2. The maximum atomic E-state index is 11.7. The molecule has 0 aromatic heterocycles. The number of thioether (sulfide) groups is 1. The molecule has 29 heavy (non-hydrogen) atoms. The fourth-order valence-electron chi connectivity index (χ4n) is 2.56. The van der Waals surface area contributed by atoms with Crippen LogP contribution in [0.2, 0.25) is 0 Å².